The highest BCUT2D eigenvalue weighted by molar-refractivity contribution is 6.01. The molecule has 1 aromatic carbocycles. The summed E-state index contributed by atoms with van der Waals surface area (Å²) in [5.41, 5.74) is 0.364. The van der Waals surface area contributed by atoms with Crippen molar-refractivity contribution in [2.75, 3.05) is 14.2 Å². The molecule has 0 aromatic heterocycles. The molecule has 5 saturated carbocycles. The lowest BCUT2D eigenvalue weighted by Gasteiger charge is -2.30. The first kappa shape index (κ1) is 17.1. The van der Waals surface area contributed by atoms with Crippen LogP contribution >= 0.6 is 0 Å². The first-order chi connectivity index (χ1) is 13.6. The molecule has 5 aliphatic carbocycles. The lowest BCUT2D eigenvalue weighted by Crippen LogP contribution is -2.41. The Balaban J connectivity index is 1.40. The van der Waals surface area contributed by atoms with Gasteiger partial charge in [0.2, 0.25) is 0 Å². The van der Waals surface area contributed by atoms with E-state index in [1.165, 1.54) is 39.0 Å². The van der Waals surface area contributed by atoms with Crippen molar-refractivity contribution in [1.29, 1.82) is 0 Å². The molecule has 2 unspecified atom stereocenters. The van der Waals surface area contributed by atoms with Crippen LogP contribution in [-0.4, -0.2) is 26.2 Å². The lowest BCUT2D eigenvalue weighted by molar-refractivity contribution is -0.170. The highest BCUT2D eigenvalue weighted by atomic mass is 16.5. The number of methoxy groups -OCH3 is 2. The van der Waals surface area contributed by atoms with Crippen LogP contribution < -0.4 is 0 Å². The van der Waals surface area contributed by atoms with Gasteiger partial charge in [-0.2, -0.15) is 0 Å². The molecule has 1 aromatic rings. The second-order valence-corrected chi connectivity index (χ2v) is 10.1. The second kappa shape index (κ2) is 5.40. The fourth-order valence-corrected chi connectivity index (χ4v) is 8.66. The molecule has 0 aliphatic heterocycles. The number of rotatable bonds is 4. The molecule has 4 heteroatoms. The van der Waals surface area contributed by atoms with Gasteiger partial charge in [-0.1, -0.05) is 30.3 Å². The maximum Gasteiger partial charge on any atom is 0.323 e. The summed E-state index contributed by atoms with van der Waals surface area (Å²) < 4.78 is 10.2. The second-order valence-electron chi connectivity index (χ2n) is 10.1. The Morgan fingerprint density at radius 3 is 2.14 bits per heavy atom. The van der Waals surface area contributed by atoms with Crippen LogP contribution in [-0.2, 0) is 19.1 Å². The van der Waals surface area contributed by atoms with Crippen molar-refractivity contribution in [1.82, 2.24) is 0 Å². The average molecular weight is 380 g/mol. The molecule has 0 spiro atoms. The molecule has 5 aliphatic rings. The predicted octanol–water partition coefficient (Wildman–Crippen LogP) is 3.80. The molecule has 0 N–H and O–H groups in total. The van der Waals surface area contributed by atoms with Crippen molar-refractivity contribution >= 4 is 11.9 Å². The quantitative estimate of drug-likeness (QED) is 0.589. The van der Waals surface area contributed by atoms with Gasteiger partial charge in [-0.3, -0.25) is 9.59 Å². The minimum atomic E-state index is -1.10. The molecular formula is C24H28O4. The van der Waals surface area contributed by atoms with Crippen LogP contribution in [0.2, 0.25) is 0 Å². The van der Waals surface area contributed by atoms with Crippen LogP contribution in [0.5, 0.6) is 0 Å². The first-order valence-electron chi connectivity index (χ1n) is 10.8. The molecule has 8 atom stereocenters. The zero-order valence-electron chi connectivity index (χ0n) is 16.6. The van der Waals surface area contributed by atoms with Gasteiger partial charge in [0.05, 0.1) is 14.2 Å². The maximum absolute atomic E-state index is 12.8. The molecule has 0 heterocycles. The summed E-state index contributed by atoms with van der Waals surface area (Å²) in [6, 6.07) is 10.8. The predicted molar refractivity (Wildman–Crippen MR) is 102 cm³/mol. The zero-order valence-corrected chi connectivity index (χ0v) is 16.6. The number of hydrogen-bond donors (Lipinski definition) is 0. The zero-order chi connectivity index (χ0) is 19.3. The third kappa shape index (κ3) is 1.83. The van der Waals surface area contributed by atoms with E-state index in [1.54, 1.807) is 0 Å². The van der Waals surface area contributed by atoms with Crippen molar-refractivity contribution in [3.63, 3.8) is 0 Å². The number of fused-ring (bicyclic) bond motifs is 6. The minimum Gasteiger partial charge on any atom is -0.468 e. The molecule has 28 heavy (non-hydrogen) atoms. The van der Waals surface area contributed by atoms with Gasteiger partial charge < -0.3 is 9.47 Å². The third-order valence-corrected chi connectivity index (χ3v) is 9.41. The minimum absolute atomic E-state index is 0.0837. The molecule has 0 amide bonds. The largest absolute Gasteiger partial charge is 0.468 e. The Morgan fingerprint density at radius 1 is 0.964 bits per heavy atom. The maximum atomic E-state index is 12.8. The van der Waals surface area contributed by atoms with Crippen LogP contribution in [0.4, 0.5) is 0 Å². The summed E-state index contributed by atoms with van der Waals surface area (Å²) in [5.74, 6) is 4.20. The number of ether oxygens (including phenoxy) is 2. The van der Waals surface area contributed by atoms with Gasteiger partial charge in [-0.25, -0.2) is 0 Å². The standard InChI is InChI=1S/C24H28O4/c1-27-21(25)23(22(26)28-2)11-16-19(13-6-4-3-5-7-13)24(16,12-23)20-17-14-8-9-15(10-14)18(17)20/h3-7,14-20H,8-12H2,1-2H3/t14-,15+,16-,17+,18-,19-,20?,24?/m1/s1. The summed E-state index contributed by atoms with van der Waals surface area (Å²) in [6.45, 7) is 0. The fraction of sp³-hybridized carbons (Fsp3) is 0.667. The van der Waals surface area contributed by atoms with Crippen molar-refractivity contribution in [3.05, 3.63) is 35.9 Å². The Morgan fingerprint density at radius 2 is 1.57 bits per heavy atom. The number of hydrogen-bond acceptors (Lipinski definition) is 4. The van der Waals surface area contributed by atoms with Crippen molar-refractivity contribution in [3.8, 4) is 0 Å². The van der Waals surface area contributed by atoms with Crippen molar-refractivity contribution in [2.45, 2.75) is 38.0 Å². The molecule has 0 saturated heterocycles. The Kier molecular flexibility index (Phi) is 3.29. The fourth-order valence-electron chi connectivity index (χ4n) is 8.66. The normalized spacial score (nSPS) is 45.9. The van der Waals surface area contributed by atoms with Gasteiger partial charge in [0.1, 0.15) is 0 Å². The summed E-state index contributed by atoms with van der Waals surface area (Å²) in [6.07, 6.45) is 5.38. The van der Waals surface area contributed by atoms with E-state index < -0.39 is 17.4 Å². The Bertz CT molecular complexity index is 815. The number of benzene rings is 1. The van der Waals surface area contributed by atoms with Crippen molar-refractivity contribution < 1.29 is 19.1 Å². The van der Waals surface area contributed by atoms with E-state index >= 15 is 0 Å². The van der Waals surface area contributed by atoms with E-state index in [4.69, 9.17) is 9.47 Å². The topological polar surface area (TPSA) is 52.6 Å². The molecule has 2 bridgehead atoms. The van der Waals surface area contributed by atoms with E-state index in [0.717, 1.165) is 23.7 Å². The molecule has 6 rings (SSSR count). The van der Waals surface area contributed by atoms with E-state index in [2.05, 4.69) is 30.3 Å². The summed E-state index contributed by atoms with van der Waals surface area (Å²) in [7, 11) is 2.79. The summed E-state index contributed by atoms with van der Waals surface area (Å²) >= 11 is 0. The van der Waals surface area contributed by atoms with E-state index in [0.29, 0.717) is 30.6 Å². The molecule has 4 nitrogen and oxygen atoms in total. The van der Waals surface area contributed by atoms with Gasteiger partial charge in [-0.05, 0) is 84.5 Å². The lowest BCUT2D eigenvalue weighted by atomic mass is 9.74. The molecule has 148 valence electrons. The summed E-state index contributed by atoms with van der Waals surface area (Å²) in [5, 5.41) is 0. The van der Waals surface area contributed by atoms with Crippen LogP contribution in [0, 0.1) is 46.3 Å². The van der Waals surface area contributed by atoms with Crippen LogP contribution in [0.25, 0.3) is 0 Å². The van der Waals surface area contributed by atoms with Gasteiger partial charge in [0, 0.05) is 0 Å². The van der Waals surface area contributed by atoms with E-state index in [9.17, 15) is 9.59 Å². The monoisotopic (exact) mass is 380 g/mol. The Hall–Kier alpha value is -1.84. The first-order valence-corrected chi connectivity index (χ1v) is 10.8. The van der Waals surface area contributed by atoms with Crippen LogP contribution in [0.1, 0.15) is 43.6 Å². The smallest absolute Gasteiger partial charge is 0.323 e. The molecule has 0 radical (unpaired) electrons. The van der Waals surface area contributed by atoms with Gasteiger partial charge >= 0.3 is 11.9 Å². The molecule has 5 fully saturated rings. The highest BCUT2D eigenvalue weighted by Gasteiger charge is 2.85. The van der Waals surface area contributed by atoms with Crippen molar-refractivity contribution in [2.24, 2.45) is 46.3 Å². The average Bonchev–Trinajstić information content (AvgIpc) is 3.41. The van der Waals surface area contributed by atoms with Crippen LogP contribution in [0.15, 0.2) is 30.3 Å². The van der Waals surface area contributed by atoms with E-state index in [-0.39, 0.29) is 5.41 Å². The number of carbonyl (C=O) groups is 2. The van der Waals surface area contributed by atoms with Gasteiger partial charge in [0.25, 0.3) is 0 Å². The SMILES string of the molecule is COC(=O)C1(C(=O)OC)C[C@@H]2[C@@H](c3ccccc3)C2(C2[C@@H]3[C@H]4CC[C@H](C4)[C@H]23)C1. The highest BCUT2D eigenvalue weighted by Crippen LogP contribution is 2.89. The third-order valence-electron chi connectivity index (χ3n) is 9.41. The van der Waals surface area contributed by atoms with E-state index in [1.807, 2.05) is 0 Å². The Labute approximate surface area is 166 Å². The number of carbonyl (C=O) groups excluding carboxylic acids is 2. The van der Waals surface area contributed by atoms with Crippen LogP contribution in [0.3, 0.4) is 0 Å². The van der Waals surface area contributed by atoms with Gasteiger partial charge in [-0.15, -0.1) is 0 Å². The number of esters is 2. The molecular weight excluding hydrogens is 352 g/mol. The summed E-state index contributed by atoms with van der Waals surface area (Å²) in [4.78, 5) is 25.6. The van der Waals surface area contributed by atoms with Gasteiger partial charge in [0.15, 0.2) is 5.41 Å².